The minimum Gasteiger partial charge on any atom is -0.0778 e. The smallest absolute Gasteiger partial charge is 0.0149 e. The molecule has 1 aromatic carbocycles. The molecule has 0 heterocycles. The van der Waals surface area contributed by atoms with Gasteiger partial charge in [0.1, 0.15) is 0 Å². The molecule has 0 saturated heterocycles. The third-order valence-corrected chi connectivity index (χ3v) is 2.03. The molecule has 0 radical (unpaired) electrons. The van der Waals surface area contributed by atoms with Gasteiger partial charge in [0.15, 0.2) is 0 Å². The highest BCUT2D eigenvalue weighted by molar-refractivity contribution is 5.68. The summed E-state index contributed by atoms with van der Waals surface area (Å²) < 4.78 is 0. The van der Waals surface area contributed by atoms with Gasteiger partial charge in [-0.05, 0) is 17.6 Å². The summed E-state index contributed by atoms with van der Waals surface area (Å²) in [4.78, 5) is 0. The lowest BCUT2D eigenvalue weighted by Crippen LogP contribution is -2.07. The summed E-state index contributed by atoms with van der Waals surface area (Å²) in [6.45, 7) is 10.1. The molecule has 0 atom stereocenters. The number of hydrogen-bond acceptors (Lipinski definition) is 0. The Balaban J connectivity index is 3.30. The highest BCUT2D eigenvalue weighted by atomic mass is 14.2. The molecule has 0 aliphatic carbocycles. The summed E-state index contributed by atoms with van der Waals surface area (Å²) in [6.07, 6.45) is 0. The zero-order valence-corrected chi connectivity index (χ0v) is 9.09. The lowest BCUT2D eigenvalue weighted by atomic mass is 9.83. The van der Waals surface area contributed by atoms with E-state index >= 15 is 0 Å². The first-order valence-corrected chi connectivity index (χ1v) is 4.76. The Morgan fingerprint density at radius 3 is 2.14 bits per heavy atom. The molecule has 0 aliphatic heterocycles. The zero-order valence-electron chi connectivity index (χ0n) is 9.09. The van der Waals surface area contributed by atoms with Crippen LogP contribution in [0.4, 0.5) is 0 Å². The van der Waals surface area contributed by atoms with Crippen LogP contribution in [0, 0.1) is 5.41 Å². The van der Waals surface area contributed by atoms with E-state index in [-0.39, 0.29) is 5.41 Å². The fourth-order valence-corrected chi connectivity index (χ4v) is 1.39. The number of benzene rings is 1. The minimum atomic E-state index is 0.0754. The number of hydrogen-bond donors (Lipinski definition) is 0. The molecule has 14 heavy (non-hydrogen) atoms. The van der Waals surface area contributed by atoms with Crippen molar-refractivity contribution in [1.82, 2.24) is 0 Å². The van der Waals surface area contributed by atoms with E-state index in [2.05, 4.69) is 50.9 Å². The molecule has 0 saturated carbocycles. The van der Waals surface area contributed by atoms with E-state index < -0.39 is 0 Å². The molecular formula is C14H16. The SMILES string of the molecule is C=C=C=C(c1ccccc1)C(C)(C)C. The molecule has 0 nitrogen and oxygen atoms in total. The van der Waals surface area contributed by atoms with Crippen LogP contribution >= 0.6 is 0 Å². The van der Waals surface area contributed by atoms with Crippen LogP contribution in [0.1, 0.15) is 26.3 Å². The van der Waals surface area contributed by atoms with Crippen molar-refractivity contribution in [3.8, 4) is 0 Å². The fraction of sp³-hybridized carbons (Fsp3) is 0.286. The van der Waals surface area contributed by atoms with Crippen molar-refractivity contribution in [2.24, 2.45) is 5.41 Å². The van der Waals surface area contributed by atoms with E-state index in [4.69, 9.17) is 0 Å². The van der Waals surface area contributed by atoms with Crippen molar-refractivity contribution in [3.63, 3.8) is 0 Å². The van der Waals surface area contributed by atoms with Gasteiger partial charge in [0.25, 0.3) is 0 Å². The Hall–Kier alpha value is -1.48. The first-order valence-electron chi connectivity index (χ1n) is 4.76. The summed E-state index contributed by atoms with van der Waals surface area (Å²) in [5.74, 6) is 0. The normalized spacial score (nSPS) is 10.2. The van der Waals surface area contributed by atoms with Gasteiger partial charge in [0.05, 0.1) is 0 Å². The van der Waals surface area contributed by atoms with Crippen molar-refractivity contribution in [1.29, 1.82) is 0 Å². The standard InChI is InChI=1S/C14H16/c1-5-9-13(14(2,3)4)12-10-7-6-8-11-12/h6-8,10-11H,1H2,2-4H3. The van der Waals surface area contributed by atoms with Crippen molar-refractivity contribution in [3.05, 3.63) is 53.9 Å². The van der Waals surface area contributed by atoms with E-state index in [0.717, 1.165) is 5.57 Å². The highest BCUT2D eigenvalue weighted by Crippen LogP contribution is 2.32. The molecule has 0 amide bonds. The summed E-state index contributed by atoms with van der Waals surface area (Å²) in [6, 6.07) is 10.3. The van der Waals surface area contributed by atoms with E-state index in [0.29, 0.717) is 0 Å². The van der Waals surface area contributed by atoms with Crippen LogP contribution < -0.4 is 0 Å². The van der Waals surface area contributed by atoms with Gasteiger partial charge in [0.2, 0.25) is 0 Å². The monoisotopic (exact) mass is 184 g/mol. The van der Waals surface area contributed by atoms with Crippen LogP contribution in [-0.4, -0.2) is 0 Å². The molecule has 0 aromatic heterocycles. The maximum atomic E-state index is 3.58. The van der Waals surface area contributed by atoms with Crippen LogP contribution in [-0.2, 0) is 0 Å². The first kappa shape index (κ1) is 10.6. The average Bonchev–Trinajstić information content (AvgIpc) is 2.14. The van der Waals surface area contributed by atoms with Crippen molar-refractivity contribution >= 4 is 5.57 Å². The van der Waals surface area contributed by atoms with Gasteiger partial charge in [-0.2, -0.15) is 0 Å². The molecule has 1 aromatic rings. The quantitative estimate of drug-likeness (QED) is 0.577. The van der Waals surface area contributed by atoms with Gasteiger partial charge in [-0.1, -0.05) is 62.6 Å². The second-order valence-corrected chi connectivity index (χ2v) is 4.29. The summed E-state index contributed by atoms with van der Waals surface area (Å²) in [5.41, 5.74) is 8.24. The van der Waals surface area contributed by atoms with Crippen LogP contribution in [0.2, 0.25) is 0 Å². The van der Waals surface area contributed by atoms with E-state index in [9.17, 15) is 0 Å². The van der Waals surface area contributed by atoms with Crippen LogP contribution in [0.15, 0.2) is 48.4 Å². The van der Waals surface area contributed by atoms with Gasteiger partial charge < -0.3 is 0 Å². The maximum absolute atomic E-state index is 3.58. The van der Waals surface area contributed by atoms with Crippen LogP contribution in [0.3, 0.4) is 0 Å². The predicted octanol–water partition coefficient (Wildman–Crippen LogP) is 4.06. The maximum Gasteiger partial charge on any atom is 0.0149 e. The molecule has 72 valence electrons. The topological polar surface area (TPSA) is 0 Å². The summed E-state index contributed by atoms with van der Waals surface area (Å²) >= 11 is 0. The Kier molecular flexibility index (Phi) is 3.14. The Labute approximate surface area is 86.3 Å². The predicted molar refractivity (Wildman–Crippen MR) is 62.0 cm³/mol. The summed E-state index contributed by atoms with van der Waals surface area (Å²) in [5, 5.41) is 0. The zero-order chi connectivity index (χ0) is 10.6. The minimum absolute atomic E-state index is 0.0754. The Morgan fingerprint density at radius 2 is 1.71 bits per heavy atom. The molecular weight excluding hydrogens is 168 g/mol. The van der Waals surface area contributed by atoms with Crippen LogP contribution in [0.25, 0.3) is 5.57 Å². The van der Waals surface area contributed by atoms with Gasteiger partial charge in [-0.25, -0.2) is 0 Å². The van der Waals surface area contributed by atoms with E-state index in [1.807, 2.05) is 18.2 Å². The van der Waals surface area contributed by atoms with Gasteiger partial charge in [-0.15, -0.1) is 0 Å². The molecule has 0 N–H and O–H groups in total. The molecule has 0 spiro atoms. The fourth-order valence-electron chi connectivity index (χ4n) is 1.39. The third-order valence-electron chi connectivity index (χ3n) is 2.03. The summed E-state index contributed by atoms with van der Waals surface area (Å²) in [7, 11) is 0. The average molecular weight is 184 g/mol. The molecule has 0 aliphatic rings. The van der Waals surface area contributed by atoms with E-state index in [1.54, 1.807) is 0 Å². The highest BCUT2D eigenvalue weighted by Gasteiger charge is 2.17. The number of rotatable bonds is 1. The molecule has 1 rings (SSSR count). The number of allylic oxidation sites excluding steroid dienone is 1. The first-order chi connectivity index (χ1) is 6.55. The lowest BCUT2D eigenvalue weighted by Gasteiger charge is -2.20. The van der Waals surface area contributed by atoms with Crippen molar-refractivity contribution in [2.45, 2.75) is 20.8 Å². The molecule has 0 bridgehead atoms. The van der Waals surface area contributed by atoms with E-state index in [1.165, 1.54) is 5.56 Å². The van der Waals surface area contributed by atoms with Gasteiger partial charge >= 0.3 is 0 Å². The Morgan fingerprint density at radius 1 is 1.14 bits per heavy atom. The van der Waals surface area contributed by atoms with Gasteiger partial charge in [-0.3, -0.25) is 0 Å². The second kappa shape index (κ2) is 4.15. The van der Waals surface area contributed by atoms with Crippen LogP contribution in [0.5, 0.6) is 0 Å². The Bertz CT molecular complexity index is 378. The molecule has 0 heteroatoms. The molecule has 0 unspecified atom stereocenters. The second-order valence-electron chi connectivity index (χ2n) is 4.29. The largest absolute Gasteiger partial charge is 0.0778 e. The van der Waals surface area contributed by atoms with Gasteiger partial charge in [0, 0.05) is 5.57 Å². The third kappa shape index (κ3) is 2.50. The lowest BCUT2D eigenvalue weighted by molar-refractivity contribution is 0.567. The molecule has 0 fully saturated rings. The van der Waals surface area contributed by atoms with Crippen molar-refractivity contribution in [2.75, 3.05) is 0 Å². The van der Waals surface area contributed by atoms with Crippen molar-refractivity contribution < 1.29 is 0 Å².